The van der Waals surface area contributed by atoms with Crippen molar-refractivity contribution in [3.63, 3.8) is 0 Å². The van der Waals surface area contributed by atoms with Gasteiger partial charge < -0.3 is 9.47 Å². The molecule has 1 aliphatic rings. The molecule has 1 aliphatic heterocycles. The zero-order chi connectivity index (χ0) is 23.2. The fourth-order valence-corrected chi connectivity index (χ4v) is 4.49. The molecule has 5 nitrogen and oxygen atoms in total. The monoisotopic (exact) mass is 523 g/mol. The van der Waals surface area contributed by atoms with Gasteiger partial charge in [0.2, 0.25) is 0 Å². The number of ether oxygens (including phenoxy) is 2. The number of hydrogen-bond acceptors (Lipinski definition) is 5. The quantitative estimate of drug-likeness (QED) is 0.250. The molecule has 168 valence electrons. The molecule has 1 fully saturated rings. The maximum Gasteiger partial charge on any atom is 0.293 e. The Morgan fingerprint density at radius 1 is 0.909 bits per heavy atom. The summed E-state index contributed by atoms with van der Waals surface area (Å²) in [6.07, 6.45) is 1.71. The van der Waals surface area contributed by atoms with Crippen LogP contribution in [0.1, 0.15) is 16.7 Å². The van der Waals surface area contributed by atoms with Crippen molar-refractivity contribution in [2.24, 2.45) is 0 Å². The highest BCUT2D eigenvalue weighted by atomic mass is 79.9. The molecule has 0 bridgehead atoms. The molecule has 0 radical (unpaired) electrons. The van der Waals surface area contributed by atoms with Crippen molar-refractivity contribution >= 4 is 44.9 Å². The molecule has 3 aromatic rings. The molecule has 2 amide bonds. The first-order chi connectivity index (χ1) is 16.0. The molecule has 0 unspecified atom stereocenters. The number of amides is 2. The molecule has 0 aliphatic carbocycles. The van der Waals surface area contributed by atoms with Crippen LogP contribution < -0.4 is 9.47 Å². The third-order valence-corrected chi connectivity index (χ3v) is 6.68. The van der Waals surface area contributed by atoms with E-state index in [4.69, 9.17) is 9.47 Å². The van der Waals surface area contributed by atoms with Crippen molar-refractivity contribution in [3.8, 4) is 11.5 Å². The van der Waals surface area contributed by atoms with Crippen molar-refractivity contribution in [1.29, 1.82) is 0 Å². The summed E-state index contributed by atoms with van der Waals surface area (Å²) in [4.78, 5) is 27.1. The van der Waals surface area contributed by atoms with Crippen LogP contribution in [0.4, 0.5) is 4.79 Å². The summed E-state index contributed by atoms with van der Waals surface area (Å²) in [5, 5.41) is -0.285. The van der Waals surface area contributed by atoms with E-state index in [9.17, 15) is 9.59 Å². The maximum absolute atomic E-state index is 12.9. The van der Waals surface area contributed by atoms with Gasteiger partial charge >= 0.3 is 0 Å². The first kappa shape index (κ1) is 23.1. The predicted molar refractivity (Wildman–Crippen MR) is 134 cm³/mol. The Balaban J connectivity index is 1.41. The van der Waals surface area contributed by atoms with Gasteiger partial charge in [-0.25, -0.2) is 0 Å². The molecule has 0 aromatic heterocycles. The minimum Gasteiger partial charge on any atom is -0.490 e. The molecule has 7 heteroatoms. The molecule has 1 saturated heterocycles. The standard InChI is InChI=1S/C26H22BrNO4S/c1-18-10-12-21(13-11-18)31-14-15-32-23-9-5-3-6-19(23)16-24-25(29)28(26(30)33-24)17-20-7-2-4-8-22(20)27/h2-13,16H,14-15,17H2,1H3/b24-16-. The summed E-state index contributed by atoms with van der Waals surface area (Å²) < 4.78 is 12.5. The highest BCUT2D eigenvalue weighted by Crippen LogP contribution is 2.35. The Kier molecular flexibility index (Phi) is 7.52. The normalized spacial score (nSPS) is 14.7. The van der Waals surface area contributed by atoms with E-state index in [1.54, 1.807) is 6.08 Å². The van der Waals surface area contributed by atoms with Gasteiger partial charge in [-0.1, -0.05) is 70.0 Å². The number of carbonyl (C=O) groups is 2. The number of aryl methyl sites for hydroxylation is 1. The van der Waals surface area contributed by atoms with E-state index >= 15 is 0 Å². The molecule has 0 N–H and O–H groups in total. The number of carbonyl (C=O) groups excluding carboxylic acids is 2. The lowest BCUT2D eigenvalue weighted by molar-refractivity contribution is -0.123. The number of halogens is 1. The molecule has 33 heavy (non-hydrogen) atoms. The average Bonchev–Trinajstić information content (AvgIpc) is 3.07. The fourth-order valence-electron chi connectivity index (χ4n) is 3.25. The minimum atomic E-state index is -0.307. The van der Waals surface area contributed by atoms with Gasteiger partial charge in [0.1, 0.15) is 24.7 Å². The summed E-state index contributed by atoms with van der Waals surface area (Å²) in [5.41, 5.74) is 2.78. The van der Waals surface area contributed by atoms with Gasteiger partial charge in [0.05, 0.1) is 11.4 Å². The van der Waals surface area contributed by atoms with Crippen LogP contribution in [0.5, 0.6) is 11.5 Å². The van der Waals surface area contributed by atoms with Crippen molar-refractivity contribution in [2.45, 2.75) is 13.5 Å². The van der Waals surface area contributed by atoms with Crippen molar-refractivity contribution < 1.29 is 19.1 Å². The van der Waals surface area contributed by atoms with Crippen LogP contribution in [0.15, 0.2) is 82.2 Å². The zero-order valence-electron chi connectivity index (χ0n) is 18.0. The lowest BCUT2D eigenvalue weighted by Crippen LogP contribution is -2.27. The third kappa shape index (κ3) is 5.86. The summed E-state index contributed by atoms with van der Waals surface area (Å²) >= 11 is 4.41. The van der Waals surface area contributed by atoms with Crippen LogP contribution in [0, 0.1) is 6.92 Å². The summed E-state index contributed by atoms with van der Waals surface area (Å²) in [6.45, 7) is 2.99. The smallest absolute Gasteiger partial charge is 0.293 e. The highest BCUT2D eigenvalue weighted by Gasteiger charge is 2.35. The maximum atomic E-state index is 12.9. The van der Waals surface area contributed by atoms with Gasteiger partial charge in [-0.3, -0.25) is 14.5 Å². The Bertz CT molecular complexity index is 1190. The van der Waals surface area contributed by atoms with Gasteiger partial charge in [0.15, 0.2) is 0 Å². The van der Waals surface area contributed by atoms with Crippen LogP contribution in [0.25, 0.3) is 6.08 Å². The van der Waals surface area contributed by atoms with E-state index in [1.807, 2.05) is 79.7 Å². The minimum absolute atomic E-state index is 0.220. The molecular weight excluding hydrogens is 502 g/mol. The third-order valence-electron chi connectivity index (χ3n) is 5.00. The lowest BCUT2D eigenvalue weighted by atomic mass is 10.1. The van der Waals surface area contributed by atoms with E-state index in [1.165, 1.54) is 10.5 Å². The van der Waals surface area contributed by atoms with E-state index in [-0.39, 0.29) is 17.7 Å². The Morgan fingerprint density at radius 3 is 2.39 bits per heavy atom. The zero-order valence-corrected chi connectivity index (χ0v) is 20.4. The number of rotatable bonds is 8. The van der Waals surface area contributed by atoms with E-state index in [0.29, 0.717) is 23.9 Å². The Labute approximate surface area is 205 Å². The Morgan fingerprint density at radius 2 is 1.61 bits per heavy atom. The topological polar surface area (TPSA) is 55.8 Å². The molecule has 0 saturated carbocycles. The number of nitrogens with zero attached hydrogens (tertiary/aromatic N) is 1. The van der Waals surface area contributed by atoms with Crippen molar-refractivity contribution in [2.75, 3.05) is 13.2 Å². The van der Waals surface area contributed by atoms with Crippen LogP contribution in [0.2, 0.25) is 0 Å². The van der Waals surface area contributed by atoms with Crippen molar-refractivity contribution in [1.82, 2.24) is 4.90 Å². The van der Waals surface area contributed by atoms with Gasteiger partial charge in [-0.15, -0.1) is 0 Å². The molecule has 1 heterocycles. The second-order valence-electron chi connectivity index (χ2n) is 7.41. The van der Waals surface area contributed by atoms with E-state index < -0.39 is 0 Å². The second kappa shape index (κ2) is 10.7. The van der Waals surface area contributed by atoms with Crippen molar-refractivity contribution in [3.05, 3.63) is 98.9 Å². The molecule has 0 atom stereocenters. The molecule has 0 spiro atoms. The summed E-state index contributed by atoms with van der Waals surface area (Å²) in [7, 11) is 0. The lowest BCUT2D eigenvalue weighted by Gasteiger charge is -2.13. The number of para-hydroxylation sites is 1. The number of imide groups is 1. The van der Waals surface area contributed by atoms with E-state index in [0.717, 1.165) is 33.1 Å². The number of thioether (sulfide) groups is 1. The van der Waals surface area contributed by atoms with Gasteiger partial charge in [0.25, 0.3) is 11.1 Å². The Hall–Kier alpha value is -3.03. The molecule has 3 aromatic carbocycles. The largest absolute Gasteiger partial charge is 0.490 e. The van der Waals surface area contributed by atoms with Crippen LogP contribution in [0.3, 0.4) is 0 Å². The number of hydrogen-bond donors (Lipinski definition) is 0. The molecule has 4 rings (SSSR count). The second-order valence-corrected chi connectivity index (χ2v) is 9.25. The summed E-state index contributed by atoms with van der Waals surface area (Å²) in [6, 6.07) is 22.8. The first-order valence-corrected chi connectivity index (χ1v) is 12.0. The van der Waals surface area contributed by atoms with Gasteiger partial charge in [-0.2, -0.15) is 0 Å². The average molecular weight is 524 g/mol. The predicted octanol–water partition coefficient (Wildman–Crippen LogP) is 6.45. The number of benzene rings is 3. The fraction of sp³-hybridized carbons (Fsp3) is 0.154. The van der Waals surface area contributed by atoms with Gasteiger partial charge in [-0.05, 0) is 54.6 Å². The van der Waals surface area contributed by atoms with Crippen LogP contribution in [-0.4, -0.2) is 29.3 Å². The highest BCUT2D eigenvalue weighted by molar-refractivity contribution is 9.10. The summed E-state index contributed by atoms with van der Waals surface area (Å²) in [5.74, 6) is 1.11. The molecular formula is C26H22BrNO4S. The van der Waals surface area contributed by atoms with Crippen LogP contribution >= 0.6 is 27.7 Å². The van der Waals surface area contributed by atoms with Crippen LogP contribution in [-0.2, 0) is 11.3 Å². The van der Waals surface area contributed by atoms with E-state index in [2.05, 4.69) is 15.9 Å². The SMILES string of the molecule is Cc1ccc(OCCOc2ccccc2/C=C2\SC(=O)N(Cc3ccccc3Br)C2=O)cc1. The first-order valence-electron chi connectivity index (χ1n) is 10.4. The van der Waals surface area contributed by atoms with Gasteiger partial charge in [0, 0.05) is 10.0 Å².